The van der Waals surface area contributed by atoms with E-state index in [2.05, 4.69) is 26.1 Å². The van der Waals surface area contributed by atoms with Crippen molar-refractivity contribution in [2.45, 2.75) is 39.8 Å². The minimum absolute atomic E-state index is 0.0179. The zero-order valence-electron chi connectivity index (χ0n) is 14.3. The highest BCUT2D eigenvalue weighted by atomic mass is 19.1. The molecule has 2 rings (SSSR count). The first-order valence-electron chi connectivity index (χ1n) is 7.95. The van der Waals surface area contributed by atoms with Crippen LogP contribution in [0.3, 0.4) is 0 Å². The Kier molecular flexibility index (Phi) is 5.54. The van der Waals surface area contributed by atoms with Crippen LogP contribution in [0.25, 0.3) is 0 Å². The number of hydrogen-bond acceptors (Lipinski definition) is 2. The minimum Gasteiger partial charge on any atom is -0.348 e. The predicted octanol–water partition coefficient (Wildman–Crippen LogP) is 3.28. The third-order valence-corrected chi connectivity index (χ3v) is 3.64. The van der Waals surface area contributed by atoms with Crippen molar-refractivity contribution in [2.75, 3.05) is 0 Å². The molecule has 24 heavy (non-hydrogen) atoms. The number of aromatic nitrogens is 1. The van der Waals surface area contributed by atoms with Crippen LogP contribution in [0.2, 0.25) is 0 Å². The van der Waals surface area contributed by atoms with Crippen molar-refractivity contribution in [2.24, 2.45) is 5.41 Å². The molecule has 1 amide bonds. The van der Waals surface area contributed by atoms with Crippen LogP contribution >= 0.6 is 0 Å². The number of pyridine rings is 1. The Morgan fingerprint density at radius 1 is 1.17 bits per heavy atom. The number of halogens is 1. The summed E-state index contributed by atoms with van der Waals surface area (Å²) in [6.45, 7) is 6.20. The van der Waals surface area contributed by atoms with Crippen LogP contribution in [-0.4, -0.2) is 10.5 Å². The van der Waals surface area contributed by atoms with Crippen molar-refractivity contribution >= 4 is 5.91 Å². The topological polar surface area (TPSA) is 51.1 Å². The van der Waals surface area contributed by atoms with Crippen LogP contribution in [-0.2, 0) is 11.3 Å². The summed E-state index contributed by atoms with van der Waals surface area (Å²) in [5.74, 6) is -0.558. The van der Waals surface area contributed by atoms with Gasteiger partial charge in [-0.25, -0.2) is 4.39 Å². The third-order valence-electron chi connectivity index (χ3n) is 3.64. The van der Waals surface area contributed by atoms with Gasteiger partial charge in [-0.05, 0) is 35.6 Å². The molecule has 1 heterocycles. The normalized spacial score (nSPS) is 12.7. The maximum absolute atomic E-state index is 13.2. The van der Waals surface area contributed by atoms with Crippen molar-refractivity contribution in [1.82, 2.24) is 9.88 Å². The van der Waals surface area contributed by atoms with Gasteiger partial charge in [0.25, 0.3) is 5.56 Å². The van der Waals surface area contributed by atoms with E-state index in [0.29, 0.717) is 6.42 Å². The zero-order chi connectivity index (χ0) is 17.7. The van der Waals surface area contributed by atoms with E-state index in [1.807, 2.05) is 0 Å². The summed E-state index contributed by atoms with van der Waals surface area (Å²) < 4.78 is 14.5. The second-order valence-electron chi connectivity index (χ2n) is 7.10. The van der Waals surface area contributed by atoms with E-state index < -0.39 is 0 Å². The van der Waals surface area contributed by atoms with Crippen molar-refractivity contribution in [3.63, 3.8) is 0 Å². The molecule has 1 N–H and O–H groups in total. The number of amides is 1. The van der Waals surface area contributed by atoms with Crippen molar-refractivity contribution in [1.29, 1.82) is 0 Å². The van der Waals surface area contributed by atoms with Gasteiger partial charge in [-0.1, -0.05) is 39.0 Å². The van der Waals surface area contributed by atoms with Gasteiger partial charge in [-0.15, -0.1) is 0 Å². The highest BCUT2D eigenvalue weighted by Crippen LogP contribution is 2.29. The fraction of sp³-hybridized carbons (Fsp3) is 0.368. The van der Waals surface area contributed by atoms with E-state index in [1.165, 1.54) is 22.8 Å². The first-order valence-corrected chi connectivity index (χ1v) is 7.95. The fourth-order valence-electron chi connectivity index (χ4n) is 2.55. The van der Waals surface area contributed by atoms with Crippen LogP contribution in [0, 0.1) is 11.2 Å². The second-order valence-corrected chi connectivity index (χ2v) is 7.10. The SMILES string of the molecule is CC(C)(C)CC(NC(=O)Cn1ccccc1=O)c1ccc(F)cc1. The summed E-state index contributed by atoms with van der Waals surface area (Å²) in [7, 11) is 0. The van der Waals surface area contributed by atoms with Gasteiger partial charge < -0.3 is 9.88 Å². The first-order chi connectivity index (χ1) is 11.2. The molecule has 1 atom stereocenters. The summed E-state index contributed by atoms with van der Waals surface area (Å²) in [6.07, 6.45) is 2.28. The van der Waals surface area contributed by atoms with Gasteiger partial charge in [0.05, 0.1) is 6.04 Å². The molecule has 0 aliphatic rings. The Bertz CT molecular complexity index is 745. The smallest absolute Gasteiger partial charge is 0.250 e. The third kappa shape index (κ3) is 5.33. The molecular weight excluding hydrogens is 307 g/mol. The van der Waals surface area contributed by atoms with E-state index in [-0.39, 0.29) is 35.3 Å². The number of rotatable bonds is 5. The van der Waals surface area contributed by atoms with Gasteiger partial charge in [0.1, 0.15) is 12.4 Å². The van der Waals surface area contributed by atoms with Gasteiger partial charge in [0.15, 0.2) is 0 Å². The molecule has 128 valence electrons. The lowest BCUT2D eigenvalue weighted by molar-refractivity contribution is -0.122. The van der Waals surface area contributed by atoms with Gasteiger partial charge in [-0.3, -0.25) is 9.59 Å². The maximum atomic E-state index is 13.2. The molecular formula is C19H23FN2O2. The lowest BCUT2D eigenvalue weighted by Crippen LogP contribution is -2.35. The van der Waals surface area contributed by atoms with Crippen LogP contribution in [0.5, 0.6) is 0 Å². The number of nitrogens with zero attached hydrogens (tertiary/aromatic N) is 1. The molecule has 0 spiro atoms. The highest BCUT2D eigenvalue weighted by Gasteiger charge is 2.22. The Balaban J connectivity index is 2.15. The molecule has 2 aromatic rings. The molecule has 0 aliphatic heterocycles. The van der Waals surface area contributed by atoms with Gasteiger partial charge >= 0.3 is 0 Å². The largest absolute Gasteiger partial charge is 0.348 e. The Morgan fingerprint density at radius 2 is 1.83 bits per heavy atom. The van der Waals surface area contributed by atoms with Crippen LogP contribution < -0.4 is 10.9 Å². The van der Waals surface area contributed by atoms with Crippen LogP contribution in [0.1, 0.15) is 38.8 Å². The van der Waals surface area contributed by atoms with Crippen molar-refractivity contribution in [3.8, 4) is 0 Å². The molecule has 0 radical (unpaired) electrons. The van der Waals surface area contributed by atoms with Gasteiger partial charge in [0.2, 0.25) is 5.91 Å². The molecule has 0 fully saturated rings. The maximum Gasteiger partial charge on any atom is 0.250 e. The number of benzene rings is 1. The van der Waals surface area contributed by atoms with E-state index in [9.17, 15) is 14.0 Å². The molecule has 1 aromatic carbocycles. The summed E-state index contributed by atoms with van der Waals surface area (Å²) in [5.41, 5.74) is 0.609. The molecule has 5 heteroatoms. The van der Waals surface area contributed by atoms with Crippen LogP contribution in [0.4, 0.5) is 4.39 Å². The summed E-state index contributed by atoms with van der Waals surface area (Å²) in [5, 5.41) is 2.96. The number of carbonyl (C=O) groups is 1. The van der Waals surface area contributed by atoms with E-state index in [1.54, 1.807) is 30.5 Å². The van der Waals surface area contributed by atoms with Crippen molar-refractivity contribution in [3.05, 3.63) is 70.4 Å². The highest BCUT2D eigenvalue weighted by molar-refractivity contribution is 5.76. The molecule has 0 aliphatic carbocycles. The second kappa shape index (κ2) is 7.43. The fourth-order valence-corrected chi connectivity index (χ4v) is 2.55. The van der Waals surface area contributed by atoms with Gasteiger partial charge in [0, 0.05) is 12.3 Å². The average Bonchev–Trinajstić information content (AvgIpc) is 2.48. The Labute approximate surface area is 141 Å². The van der Waals surface area contributed by atoms with Crippen molar-refractivity contribution < 1.29 is 9.18 Å². The summed E-state index contributed by atoms with van der Waals surface area (Å²) in [4.78, 5) is 24.1. The molecule has 1 unspecified atom stereocenters. The van der Waals surface area contributed by atoms with E-state index in [4.69, 9.17) is 0 Å². The zero-order valence-corrected chi connectivity index (χ0v) is 14.3. The predicted molar refractivity (Wildman–Crippen MR) is 92.1 cm³/mol. The van der Waals surface area contributed by atoms with E-state index in [0.717, 1.165) is 5.56 Å². The molecule has 0 saturated heterocycles. The summed E-state index contributed by atoms with van der Waals surface area (Å²) >= 11 is 0. The first kappa shape index (κ1) is 17.9. The quantitative estimate of drug-likeness (QED) is 0.915. The molecule has 0 saturated carbocycles. The standard InChI is InChI=1S/C19H23FN2O2/c1-19(2,3)12-16(14-7-9-15(20)10-8-14)21-17(23)13-22-11-5-4-6-18(22)24/h4-11,16H,12-13H2,1-3H3,(H,21,23). The minimum atomic E-state index is -0.310. The monoisotopic (exact) mass is 330 g/mol. The lowest BCUT2D eigenvalue weighted by Gasteiger charge is -2.27. The number of nitrogens with one attached hydrogen (secondary N) is 1. The molecule has 0 bridgehead atoms. The Hall–Kier alpha value is -2.43. The lowest BCUT2D eigenvalue weighted by atomic mass is 9.85. The summed E-state index contributed by atoms with van der Waals surface area (Å²) in [6, 6.07) is 10.7. The van der Waals surface area contributed by atoms with Crippen LogP contribution in [0.15, 0.2) is 53.5 Å². The van der Waals surface area contributed by atoms with E-state index >= 15 is 0 Å². The Morgan fingerprint density at radius 3 is 2.42 bits per heavy atom. The molecule has 1 aromatic heterocycles. The van der Waals surface area contributed by atoms with Gasteiger partial charge in [-0.2, -0.15) is 0 Å². The number of hydrogen-bond donors (Lipinski definition) is 1. The number of carbonyl (C=O) groups excluding carboxylic acids is 1. The average molecular weight is 330 g/mol. The molecule has 4 nitrogen and oxygen atoms in total.